The first-order valence-corrected chi connectivity index (χ1v) is 8.77. The highest BCUT2D eigenvalue weighted by molar-refractivity contribution is 7.98. The van der Waals surface area contributed by atoms with Gasteiger partial charge in [-0.05, 0) is 26.3 Å². The number of benzene rings is 1. The summed E-state index contributed by atoms with van der Waals surface area (Å²) in [5.74, 6) is 1.06. The molecule has 0 bridgehead atoms. The summed E-state index contributed by atoms with van der Waals surface area (Å²) in [6, 6.07) is 10.0. The van der Waals surface area contributed by atoms with Gasteiger partial charge in [0.05, 0.1) is 6.33 Å². The van der Waals surface area contributed by atoms with Crippen molar-refractivity contribution in [2.24, 2.45) is 0 Å². The van der Waals surface area contributed by atoms with Crippen LogP contribution in [0.4, 0.5) is 10.6 Å². The van der Waals surface area contributed by atoms with E-state index in [1.54, 1.807) is 20.8 Å². The Kier molecular flexibility index (Phi) is 4.89. The number of anilines is 1. The Labute approximate surface area is 149 Å². The highest BCUT2D eigenvalue weighted by Crippen LogP contribution is 2.25. The number of ether oxygens (including phenoxy) is 1. The number of thioether (sulfide) groups is 1. The van der Waals surface area contributed by atoms with Gasteiger partial charge >= 0.3 is 6.09 Å². The van der Waals surface area contributed by atoms with Gasteiger partial charge < -0.3 is 9.72 Å². The third-order valence-corrected chi connectivity index (χ3v) is 4.01. The molecule has 0 atom stereocenters. The van der Waals surface area contributed by atoms with Crippen LogP contribution >= 0.6 is 11.8 Å². The fourth-order valence-corrected chi connectivity index (χ4v) is 2.89. The summed E-state index contributed by atoms with van der Waals surface area (Å²) in [6.07, 6.45) is 0.945. The van der Waals surface area contributed by atoms with Crippen LogP contribution in [0.25, 0.3) is 11.2 Å². The number of imidazole rings is 1. The van der Waals surface area contributed by atoms with Gasteiger partial charge in [0.1, 0.15) is 5.60 Å². The number of rotatable bonds is 4. The Morgan fingerprint density at radius 1 is 1.24 bits per heavy atom. The molecule has 0 aliphatic carbocycles. The van der Waals surface area contributed by atoms with Crippen molar-refractivity contribution in [3.05, 3.63) is 42.2 Å². The Morgan fingerprint density at radius 2 is 2.00 bits per heavy atom. The molecule has 2 aromatic heterocycles. The lowest BCUT2D eigenvalue weighted by Gasteiger charge is -2.19. The summed E-state index contributed by atoms with van der Waals surface area (Å²) in [4.78, 5) is 28.0. The zero-order chi connectivity index (χ0) is 17.9. The zero-order valence-corrected chi connectivity index (χ0v) is 15.1. The number of amides is 1. The summed E-state index contributed by atoms with van der Waals surface area (Å²) in [5.41, 5.74) is 1.64. The summed E-state index contributed by atoms with van der Waals surface area (Å²) in [6.45, 7) is 5.41. The van der Waals surface area contributed by atoms with E-state index in [1.807, 2.05) is 30.3 Å². The minimum atomic E-state index is -0.591. The molecule has 2 heterocycles. The number of carbonyl (C=O) groups is 1. The Balaban J connectivity index is 1.80. The molecule has 130 valence electrons. The van der Waals surface area contributed by atoms with Gasteiger partial charge in [0.15, 0.2) is 22.1 Å². The SMILES string of the molecule is CC(C)(C)OC(=O)Nc1nc(SCc2ccccc2)nc2[nH]cnc12. The molecule has 3 aromatic rings. The molecule has 0 fully saturated rings. The molecule has 0 unspecified atom stereocenters. The van der Waals surface area contributed by atoms with Crippen molar-refractivity contribution >= 4 is 34.8 Å². The van der Waals surface area contributed by atoms with Gasteiger partial charge in [0.2, 0.25) is 0 Å². The molecule has 0 saturated heterocycles. The quantitative estimate of drug-likeness (QED) is 0.542. The normalized spacial score (nSPS) is 11.5. The van der Waals surface area contributed by atoms with Crippen LogP contribution in [0.2, 0.25) is 0 Å². The summed E-state index contributed by atoms with van der Waals surface area (Å²) in [5, 5.41) is 3.21. The number of nitrogens with zero attached hydrogens (tertiary/aromatic N) is 3. The maximum Gasteiger partial charge on any atom is 0.413 e. The lowest BCUT2D eigenvalue weighted by Crippen LogP contribution is -2.27. The van der Waals surface area contributed by atoms with Gasteiger partial charge in [-0.1, -0.05) is 42.1 Å². The van der Waals surface area contributed by atoms with Gasteiger partial charge in [0.25, 0.3) is 0 Å². The van der Waals surface area contributed by atoms with E-state index in [-0.39, 0.29) is 0 Å². The van der Waals surface area contributed by atoms with Crippen LogP contribution in [0.5, 0.6) is 0 Å². The molecule has 1 aromatic carbocycles. The van der Waals surface area contributed by atoms with E-state index in [9.17, 15) is 4.79 Å². The molecule has 0 radical (unpaired) electrons. The fourth-order valence-electron chi connectivity index (χ4n) is 2.09. The average molecular weight is 357 g/mol. The minimum Gasteiger partial charge on any atom is -0.444 e. The van der Waals surface area contributed by atoms with Crippen molar-refractivity contribution in [2.75, 3.05) is 5.32 Å². The highest BCUT2D eigenvalue weighted by Gasteiger charge is 2.19. The fraction of sp³-hybridized carbons (Fsp3) is 0.294. The molecule has 0 aliphatic rings. The summed E-state index contributed by atoms with van der Waals surface area (Å²) in [7, 11) is 0. The van der Waals surface area contributed by atoms with Crippen molar-refractivity contribution in [1.82, 2.24) is 19.9 Å². The lowest BCUT2D eigenvalue weighted by atomic mass is 10.2. The van der Waals surface area contributed by atoms with Crippen LogP contribution in [0, 0.1) is 0 Å². The van der Waals surface area contributed by atoms with Crippen LogP contribution in [-0.4, -0.2) is 31.6 Å². The molecule has 3 rings (SSSR count). The molecule has 25 heavy (non-hydrogen) atoms. The van der Waals surface area contributed by atoms with Crippen LogP contribution < -0.4 is 5.32 Å². The van der Waals surface area contributed by atoms with Gasteiger partial charge in [-0.25, -0.2) is 19.7 Å². The van der Waals surface area contributed by atoms with E-state index in [1.165, 1.54) is 23.7 Å². The smallest absolute Gasteiger partial charge is 0.413 e. The number of fused-ring (bicyclic) bond motifs is 1. The van der Waals surface area contributed by atoms with Gasteiger partial charge in [0, 0.05) is 5.75 Å². The molecule has 0 saturated carbocycles. The number of aromatic amines is 1. The molecular formula is C17H19N5O2S. The lowest BCUT2D eigenvalue weighted by molar-refractivity contribution is 0.0635. The molecular weight excluding hydrogens is 338 g/mol. The van der Waals surface area contributed by atoms with E-state index >= 15 is 0 Å². The molecule has 2 N–H and O–H groups in total. The van der Waals surface area contributed by atoms with E-state index < -0.39 is 11.7 Å². The number of aromatic nitrogens is 4. The first-order valence-electron chi connectivity index (χ1n) is 7.78. The maximum absolute atomic E-state index is 12.0. The second kappa shape index (κ2) is 7.10. The maximum atomic E-state index is 12.0. The third-order valence-electron chi connectivity index (χ3n) is 3.09. The van der Waals surface area contributed by atoms with E-state index in [2.05, 4.69) is 25.3 Å². The van der Waals surface area contributed by atoms with Crippen LogP contribution in [0.15, 0.2) is 41.8 Å². The number of hydrogen-bond donors (Lipinski definition) is 2. The standard InChI is InChI=1S/C17H19N5O2S/c1-17(2,3)24-16(23)22-14-12-13(19-10-18-12)20-15(21-14)25-9-11-7-5-4-6-8-11/h4-8,10H,9H2,1-3H3,(H2,18,19,20,21,22,23). The summed E-state index contributed by atoms with van der Waals surface area (Å²) < 4.78 is 5.28. The summed E-state index contributed by atoms with van der Waals surface area (Å²) >= 11 is 1.48. The Morgan fingerprint density at radius 3 is 2.72 bits per heavy atom. The molecule has 7 nitrogen and oxygen atoms in total. The monoisotopic (exact) mass is 357 g/mol. The van der Waals surface area contributed by atoms with E-state index in [0.29, 0.717) is 22.1 Å². The second-order valence-electron chi connectivity index (χ2n) is 6.36. The van der Waals surface area contributed by atoms with Gasteiger partial charge in [-0.2, -0.15) is 0 Å². The van der Waals surface area contributed by atoms with Crippen LogP contribution in [-0.2, 0) is 10.5 Å². The molecule has 0 spiro atoms. The van der Waals surface area contributed by atoms with E-state index in [4.69, 9.17) is 4.74 Å². The van der Waals surface area contributed by atoms with Crippen molar-refractivity contribution in [3.8, 4) is 0 Å². The van der Waals surface area contributed by atoms with Gasteiger partial charge in [-0.3, -0.25) is 5.32 Å². The molecule has 0 aliphatic heterocycles. The third kappa shape index (κ3) is 4.69. The van der Waals surface area contributed by atoms with Crippen molar-refractivity contribution in [1.29, 1.82) is 0 Å². The molecule has 8 heteroatoms. The minimum absolute atomic E-state index is 0.330. The second-order valence-corrected chi connectivity index (χ2v) is 7.30. The average Bonchev–Trinajstić information content (AvgIpc) is 3.01. The topological polar surface area (TPSA) is 92.8 Å². The Hall–Kier alpha value is -2.61. The first-order chi connectivity index (χ1) is 11.9. The van der Waals surface area contributed by atoms with Gasteiger partial charge in [-0.15, -0.1) is 0 Å². The predicted octanol–water partition coefficient (Wildman–Crippen LogP) is 3.99. The number of hydrogen-bond acceptors (Lipinski definition) is 6. The largest absolute Gasteiger partial charge is 0.444 e. The number of carbonyl (C=O) groups excluding carboxylic acids is 1. The first kappa shape index (κ1) is 17.2. The predicted molar refractivity (Wildman–Crippen MR) is 97.5 cm³/mol. The van der Waals surface area contributed by atoms with Crippen molar-refractivity contribution in [3.63, 3.8) is 0 Å². The number of nitrogens with one attached hydrogen (secondary N) is 2. The van der Waals surface area contributed by atoms with Crippen molar-refractivity contribution in [2.45, 2.75) is 37.3 Å². The van der Waals surface area contributed by atoms with E-state index in [0.717, 1.165) is 5.75 Å². The van der Waals surface area contributed by atoms with Crippen molar-refractivity contribution < 1.29 is 9.53 Å². The highest BCUT2D eigenvalue weighted by atomic mass is 32.2. The van der Waals surface area contributed by atoms with Crippen LogP contribution in [0.3, 0.4) is 0 Å². The zero-order valence-electron chi connectivity index (χ0n) is 14.2. The van der Waals surface area contributed by atoms with Crippen LogP contribution in [0.1, 0.15) is 26.3 Å². The Bertz CT molecular complexity index is 874. The number of H-pyrrole nitrogens is 1. The molecule has 1 amide bonds.